The lowest BCUT2D eigenvalue weighted by molar-refractivity contribution is -0.115. The zero-order chi connectivity index (χ0) is 13.4. The summed E-state index contributed by atoms with van der Waals surface area (Å²) in [5.74, 6) is 0.0111. The van der Waals surface area contributed by atoms with E-state index in [4.69, 9.17) is 0 Å². The zero-order valence-electron chi connectivity index (χ0n) is 10.7. The third-order valence-electron chi connectivity index (χ3n) is 3.46. The van der Waals surface area contributed by atoms with Gasteiger partial charge < -0.3 is 10.4 Å². The van der Waals surface area contributed by atoms with Crippen LogP contribution in [0.15, 0.2) is 42.5 Å². The van der Waals surface area contributed by atoms with Crippen LogP contribution in [0.3, 0.4) is 0 Å². The zero-order valence-corrected chi connectivity index (χ0v) is 10.7. The topological polar surface area (TPSA) is 49.3 Å². The molecule has 3 heteroatoms. The van der Waals surface area contributed by atoms with Crippen LogP contribution in [-0.4, -0.2) is 11.0 Å². The smallest absolute Gasteiger partial charge is 0.228 e. The van der Waals surface area contributed by atoms with E-state index in [0.29, 0.717) is 6.42 Å². The fraction of sp³-hybridized carbons (Fsp3) is 0.188. The summed E-state index contributed by atoms with van der Waals surface area (Å²) in [5.41, 5.74) is 4.65. The van der Waals surface area contributed by atoms with Crippen molar-refractivity contribution < 1.29 is 9.90 Å². The Balaban J connectivity index is 1.92. The SMILES string of the molecule is Cc1ccc(C(O)c2ccc3c(c2)CC(=O)N3)cc1. The van der Waals surface area contributed by atoms with Crippen LogP contribution in [0.1, 0.15) is 28.4 Å². The highest BCUT2D eigenvalue weighted by atomic mass is 16.3. The summed E-state index contributed by atoms with van der Waals surface area (Å²) in [6, 6.07) is 13.4. The van der Waals surface area contributed by atoms with Crippen molar-refractivity contribution in [3.8, 4) is 0 Å². The lowest BCUT2D eigenvalue weighted by Crippen LogP contribution is -2.03. The summed E-state index contributed by atoms with van der Waals surface area (Å²) in [5, 5.41) is 13.2. The van der Waals surface area contributed by atoms with Gasteiger partial charge in [-0.3, -0.25) is 4.79 Å². The van der Waals surface area contributed by atoms with Gasteiger partial charge in [0.25, 0.3) is 0 Å². The van der Waals surface area contributed by atoms with Crippen LogP contribution in [0.25, 0.3) is 0 Å². The molecule has 0 radical (unpaired) electrons. The summed E-state index contributed by atoms with van der Waals surface area (Å²) < 4.78 is 0. The van der Waals surface area contributed by atoms with Gasteiger partial charge in [0.15, 0.2) is 0 Å². The van der Waals surface area contributed by atoms with E-state index in [1.54, 1.807) is 0 Å². The molecule has 96 valence electrons. The van der Waals surface area contributed by atoms with Gasteiger partial charge in [0.05, 0.1) is 6.42 Å². The molecule has 0 fully saturated rings. The maximum absolute atomic E-state index is 11.3. The molecule has 3 nitrogen and oxygen atoms in total. The summed E-state index contributed by atoms with van der Waals surface area (Å²) in [4.78, 5) is 11.3. The Hall–Kier alpha value is -2.13. The minimum absolute atomic E-state index is 0.0111. The van der Waals surface area contributed by atoms with E-state index in [-0.39, 0.29) is 5.91 Å². The molecule has 2 aromatic rings. The summed E-state index contributed by atoms with van der Waals surface area (Å²) >= 11 is 0. The van der Waals surface area contributed by atoms with Gasteiger partial charge in [-0.1, -0.05) is 42.0 Å². The van der Waals surface area contributed by atoms with Gasteiger partial charge in [0.1, 0.15) is 6.10 Å². The number of nitrogens with one attached hydrogen (secondary N) is 1. The minimum atomic E-state index is -0.651. The predicted molar refractivity (Wildman–Crippen MR) is 74.0 cm³/mol. The maximum Gasteiger partial charge on any atom is 0.228 e. The predicted octanol–water partition coefficient (Wildman–Crippen LogP) is 2.57. The number of hydrogen-bond acceptors (Lipinski definition) is 2. The second-order valence-corrected chi connectivity index (χ2v) is 4.95. The van der Waals surface area contributed by atoms with E-state index < -0.39 is 6.10 Å². The Kier molecular flexibility index (Phi) is 2.84. The number of aryl methyl sites for hydroxylation is 1. The van der Waals surface area contributed by atoms with Gasteiger partial charge in [0.2, 0.25) is 5.91 Å². The molecule has 0 spiro atoms. The third kappa shape index (κ3) is 2.25. The molecule has 1 unspecified atom stereocenters. The first-order valence-electron chi connectivity index (χ1n) is 6.31. The minimum Gasteiger partial charge on any atom is -0.384 e. The first-order chi connectivity index (χ1) is 9.13. The van der Waals surface area contributed by atoms with E-state index in [2.05, 4.69) is 5.32 Å². The molecule has 1 atom stereocenters. The molecule has 0 saturated carbocycles. The number of anilines is 1. The number of amides is 1. The quantitative estimate of drug-likeness (QED) is 0.864. The molecule has 2 aromatic carbocycles. The molecule has 1 aliphatic rings. The number of fused-ring (bicyclic) bond motifs is 1. The van der Waals surface area contributed by atoms with E-state index >= 15 is 0 Å². The summed E-state index contributed by atoms with van der Waals surface area (Å²) in [6.45, 7) is 2.02. The lowest BCUT2D eigenvalue weighted by atomic mass is 9.98. The summed E-state index contributed by atoms with van der Waals surface area (Å²) in [7, 11) is 0. The van der Waals surface area contributed by atoms with Crippen LogP contribution >= 0.6 is 0 Å². The highest BCUT2D eigenvalue weighted by Gasteiger charge is 2.19. The average Bonchev–Trinajstić information content (AvgIpc) is 2.77. The number of aliphatic hydroxyl groups excluding tert-OH is 1. The number of aliphatic hydroxyl groups is 1. The van der Waals surface area contributed by atoms with Gasteiger partial charge in [0, 0.05) is 5.69 Å². The lowest BCUT2D eigenvalue weighted by Gasteiger charge is -2.13. The van der Waals surface area contributed by atoms with Crippen molar-refractivity contribution in [1.29, 1.82) is 0 Å². The van der Waals surface area contributed by atoms with Crippen LogP contribution in [-0.2, 0) is 11.2 Å². The van der Waals surface area contributed by atoms with Gasteiger partial charge in [-0.15, -0.1) is 0 Å². The number of hydrogen-bond donors (Lipinski definition) is 2. The molecule has 0 aromatic heterocycles. The Bertz CT molecular complexity index is 632. The van der Waals surface area contributed by atoms with Crippen LogP contribution in [0, 0.1) is 6.92 Å². The Morgan fingerprint density at radius 2 is 1.79 bits per heavy atom. The average molecular weight is 253 g/mol. The molecule has 0 saturated heterocycles. The van der Waals surface area contributed by atoms with Crippen LogP contribution in [0.2, 0.25) is 0 Å². The molecule has 1 amide bonds. The number of carbonyl (C=O) groups is 1. The highest BCUT2D eigenvalue weighted by molar-refractivity contribution is 5.99. The molecule has 3 rings (SSSR count). The van der Waals surface area contributed by atoms with Crippen molar-refractivity contribution >= 4 is 11.6 Å². The van der Waals surface area contributed by atoms with E-state index in [0.717, 1.165) is 22.4 Å². The first-order valence-corrected chi connectivity index (χ1v) is 6.31. The molecule has 0 bridgehead atoms. The maximum atomic E-state index is 11.3. The Morgan fingerprint density at radius 3 is 2.53 bits per heavy atom. The standard InChI is InChI=1S/C16H15NO2/c1-10-2-4-11(5-3-10)16(19)12-6-7-14-13(8-12)9-15(18)17-14/h2-8,16,19H,9H2,1H3,(H,17,18). The van der Waals surface area contributed by atoms with E-state index in [1.165, 1.54) is 5.56 Å². The van der Waals surface area contributed by atoms with Gasteiger partial charge in [-0.2, -0.15) is 0 Å². The van der Waals surface area contributed by atoms with Crippen molar-refractivity contribution in [1.82, 2.24) is 0 Å². The Morgan fingerprint density at radius 1 is 1.11 bits per heavy atom. The Labute approximate surface area is 111 Å². The van der Waals surface area contributed by atoms with Crippen molar-refractivity contribution in [3.63, 3.8) is 0 Å². The number of benzene rings is 2. The molecule has 0 aliphatic carbocycles. The molecular formula is C16H15NO2. The number of carbonyl (C=O) groups excluding carboxylic acids is 1. The number of rotatable bonds is 2. The molecule has 1 heterocycles. The van der Waals surface area contributed by atoms with Crippen LogP contribution in [0.5, 0.6) is 0 Å². The van der Waals surface area contributed by atoms with Crippen LogP contribution in [0.4, 0.5) is 5.69 Å². The van der Waals surface area contributed by atoms with Crippen LogP contribution < -0.4 is 5.32 Å². The second-order valence-electron chi connectivity index (χ2n) is 4.95. The van der Waals surface area contributed by atoms with E-state index in [1.807, 2.05) is 49.4 Å². The highest BCUT2D eigenvalue weighted by Crippen LogP contribution is 2.29. The monoisotopic (exact) mass is 253 g/mol. The largest absolute Gasteiger partial charge is 0.384 e. The van der Waals surface area contributed by atoms with E-state index in [9.17, 15) is 9.90 Å². The first kappa shape index (κ1) is 11.9. The van der Waals surface area contributed by atoms with Crippen molar-refractivity contribution in [2.24, 2.45) is 0 Å². The molecule has 19 heavy (non-hydrogen) atoms. The fourth-order valence-corrected chi connectivity index (χ4v) is 2.36. The van der Waals surface area contributed by atoms with Gasteiger partial charge in [-0.25, -0.2) is 0 Å². The molecule has 2 N–H and O–H groups in total. The third-order valence-corrected chi connectivity index (χ3v) is 3.46. The van der Waals surface area contributed by atoms with Crippen molar-refractivity contribution in [2.75, 3.05) is 5.32 Å². The fourth-order valence-electron chi connectivity index (χ4n) is 2.36. The van der Waals surface area contributed by atoms with Gasteiger partial charge >= 0.3 is 0 Å². The normalized spacial score (nSPS) is 14.9. The van der Waals surface area contributed by atoms with Gasteiger partial charge in [-0.05, 0) is 29.7 Å². The molecular weight excluding hydrogens is 238 g/mol. The second kappa shape index (κ2) is 4.52. The summed E-state index contributed by atoms with van der Waals surface area (Å²) in [6.07, 6.45) is -0.259. The van der Waals surface area contributed by atoms with Crippen molar-refractivity contribution in [3.05, 3.63) is 64.7 Å². The van der Waals surface area contributed by atoms with Crippen molar-refractivity contribution in [2.45, 2.75) is 19.4 Å². The molecule has 1 aliphatic heterocycles.